The average Bonchev–Trinajstić information content (AvgIpc) is 4.12. The summed E-state index contributed by atoms with van der Waals surface area (Å²) >= 11 is 0. The number of rotatable bonds is 10. The van der Waals surface area contributed by atoms with Crippen LogP contribution in [-0.4, -0.2) is 24.5 Å². The molecule has 5 nitrogen and oxygen atoms in total. The number of benzene rings is 7. The normalized spacial score (nSPS) is 14.9. The molecule has 10 aromatic rings. The van der Waals surface area contributed by atoms with Gasteiger partial charge in [0.25, 0.3) is 0 Å². The Hall–Kier alpha value is -7.24. The van der Waals surface area contributed by atoms with Gasteiger partial charge in [-0.25, -0.2) is 0 Å². The van der Waals surface area contributed by atoms with Gasteiger partial charge >= 0.3 is 20.1 Å². The number of hydrogen-bond donors (Lipinski definition) is 0. The minimum Gasteiger partial charge on any atom is -0.305 e. The van der Waals surface area contributed by atoms with Crippen molar-refractivity contribution in [2.24, 2.45) is 0 Å². The van der Waals surface area contributed by atoms with Crippen LogP contribution in [-0.2, 0) is 67.4 Å². The fraction of sp³-hybridized carbons (Fsp3) is 0.232. The van der Waals surface area contributed by atoms with Crippen LogP contribution in [0.5, 0.6) is 0 Å². The van der Waals surface area contributed by atoms with Crippen LogP contribution >= 0.6 is 0 Å². The first kappa shape index (κ1) is 51.3. The van der Waals surface area contributed by atoms with E-state index in [2.05, 4.69) is 221 Å². The van der Waals surface area contributed by atoms with Crippen molar-refractivity contribution in [1.82, 2.24) is 24.5 Å². The van der Waals surface area contributed by atoms with Crippen molar-refractivity contribution >= 4 is 0 Å². The third-order valence-corrected chi connectivity index (χ3v) is 17.0. The van der Waals surface area contributed by atoms with E-state index in [4.69, 9.17) is 10.2 Å². The van der Waals surface area contributed by atoms with Crippen molar-refractivity contribution in [2.45, 2.75) is 103 Å². The fourth-order valence-corrected chi connectivity index (χ4v) is 11.3. The summed E-state index contributed by atoms with van der Waals surface area (Å²) in [5, 5.41) is 9.96. The smallest absolute Gasteiger partial charge is 0.305 e. The second-order valence-electron chi connectivity index (χ2n) is 22.3. The molecule has 3 aromatic heterocycles. The number of nitrogens with zero attached hydrogens (tertiary/aromatic N) is 5. The van der Waals surface area contributed by atoms with E-state index in [1.165, 1.54) is 78.1 Å². The molecule has 0 bridgehead atoms. The Labute approximate surface area is 458 Å². The van der Waals surface area contributed by atoms with Crippen molar-refractivity contribution in [3.63, 3.8) is 0 Å². The fourth-order valence-electron chi connectivity index (χ4n) is 11.3. The molecule has 6 heteroatoms. The van der Waals surface area contributed by atoms with Crippen LogP contribution < -0.4 is 0 Å². The molecule has 374 valence electrons. The number of pyridine rings is 1. The molecule has 12 rings (SSSR count). The minimum atomic E-state index is -0.164. The van der Waals surface area contributed by atoms with E-state index in [1.807, 2.05) is 54.9 Å². The Morgan fingerprint density at radius 3 is 1.29 bits per heavy atom. The molecule has 7 aromatic carbocycles. The standard InChI is InChI=1S/C58H56N4.C11H8N.Ir/c1-55(2)49-35-39(28-30-51(49)61-53(57(55,5)6)47(37-59-61)44-20-14-10-15-21-44)24-26-41-32-42(34-46(33-41)43-18-12-9-13-19-43)27-25-40-29-31-52-50(36-40)56(3,4)58(7,8)54-48(38-60-62(52)54)45-22-16-11-17-23-45;1-2-6-10(7-3-1)11-8-4-5-9-12-11;/h9-23,28-29,32-38H,24-27H2,1-8H3;1-6,8-9H;/q-2;-1;+3. The predicted octanol–water partition coefficient (Wildman–Crippen LogP) is 15.9. The first-order valence-corrected chi connectivity index (χ1v) is 26.2. The molecule has 0 saturated carbocycles. The molecule has 75 heavy (non-hydrogen) atoms. The zero-order valence-corrected chi connectivity index (χ0v) is 46.8. The first-order valence-electron chi connectivity index (χ1n) is 26.2. The van der Waals surface area contributed by atoms with Crippen LogP contribution in [0.15, 0.2) is 195 Å². The average molecular weight is 1160 g/mol. The maximum atomic E-state index is 4.98. The molecule has 0 spiro atoms. The third-order valence-electron chi connectivity index (χ3n) is 17.0. The van der Waals surface area contributed by atoms with E-state index in [-0.39, 0.29) is 41.8 Å². The van der Waals surface area contributed by atoms with Gasteiger partial charge in [-0.1, -0.05) is 190 Å². The second-order valence-corrected chi connectivity index (χ2v) is 22.3. The maximum Gasteiger partial charge on any atom is 3.00 e. The van der Waals surface area contributed by atoms with E-state index in [9.17, 15) is 0 Å². The van der Waals surface area contributed by atoms with Crippen LogP contribution in [0.1, 0.15) is 100 Å². The second kappa shape index (κ2) is 20.5. The summed E-state index contributed by atoms with van der Waals surface area (Å²) in [5.41, 5.74) is 21.3. The zero-order chi connectivity index (χ0) is 51.2. The Morgan fingerprint density at radius 2 is 0.853 bits per heavy atom. The Bertz CT molecular complexity index is 3370. The van der Waals surface area contributed by atoms with Crippen LogP contribution in [0.3, 0.4) is 0 Å². The summed E-state index contributed by atoms with van der Waals surface area (Å²) in [6.07, 6.45) is 9.63. The molecule has 0 saturated heterocycles. The van der Waals surface area contributed by atoms with Gasteiger partial charge in [-0.2, -0.15) is 57.7 Å². The molecule has 2 aliphatic rings. The van der Waals surface area contributed by atoms with E-state index < -0.39 is 0 Å². The van der Waals surface area contributed by atoms with Gasteiger partial charge in [-0.15, -0.1) is 47.0 Å². The summed E-state index contributed by atoms with van der Waals surface area (Å²) in [6.45, 7) is 19.1. The number of aromatic nitrogens is 5. The molecule has 0 amide bonds. The molecule has 0 radical (unpaired) electrons. The summed E-state index contributed by atoms with van der Waals surface area (Å²) in [4.78, 5) is 4.22. The van der Waals surface area contributed by atoms with E-state index >= 15 is 0 Å². The summed E-state index contributed by atoms with van der Waals surface area (Å²) < 4.78 is 4.31. The van der Waals surface area contributed by atoms with Crippen molar-refractivity contribution < 1.29 is 20.1 Å². The van der Waals surface area contributed by atoms with Gasteiger partial charge < -0.3 is 4.98 Å². The topological polar surface area (TPSA) is 48.5 Å². The van der Waals surface area contributed by atoms with Gasteiger partial charge in [0.1, 0.15) is 0 Å². The number of aryl methyl sites for hydroxylation is 4. The van der Waals surface area contributed by atoms with Crippen LogP contribution in [0.4, 0.5) is 0 Å². The minimum absolute atomic E-state index is 0. The molecule has 2 aliphatic heterocycles. The number of fused-ring (bicyclic) bond motifs is 6. The Kier molecular flexibility index (Phi) is 14.0. The van der Waals surface area contributed by atoms with E-state index in [0.29, 0.717) is 0 Å². The molecule has 0 aliphatic carbocycles. The SMILES string of the molecule is CC1(C)c2cc(CCc3cc(CCc4c[c-]c5c(c4)C(C)(C)C(C)(C)c4c(-c6ccccc6)cnn4-5)cc(-c4ccccc4)c3)c[c-]c2-n2ncc(-c3ccccc3)c2C1(C)C.[Ir+3].[c-]1ccccc1-c1ccccn1. The summed E-state index contributed by atoms with van der Waals surface area (Å²) in [7, 11) is 0. The molecular weight excluding hydrogens is 1090 g/mol. The van der Waals surface area contributed by atoms with Crippen molar-refractivity contribution in [3.8, 4) is 56.0 Å². The molecule has 0 fully saturated rings. The molecule has 0 atom stereocenters. The van der Waals surface area contributed by atoms with Gasteiger partial charge in [0.05, 0.1) is 23.8 Å². The quantitative estimate of drug-likeness (QED) is 0.128. The van der Waals surface area contributed by atoms with Crippen molar-refractivity contribution in [2.75, 3.05) is 0 Å². The number of hydrogen-bond acceptors (Lipinski definition) is 3. The zero-order valence-electron chi connectivity index (χ0n) is 44.4. The van der Waals surface area contributed by atoms with Gasteiger partial charge in [0.15, 0.2) is 0 Å². The molecule has 0 N–H and O–H groups in total. The van der Waals surface area contributed by atoms with Crippen LogP contribution in [0, 0.1) is 18.2 Å². The third kappa shape index (κ3) is 9.38. The largest absolute Gasteiger partial charge is 3.00 e. The monoisotopic (exact) mass is 1160 g/mol. The maximum absolute atomic E-state index is 4.98. The Morgan fingerprint density at radius 1 is 0.413 bits per heavy atom. The van der Waals surface area contributed by atoms with Gasteiger partial charge in [0, 0.05) is 28.2 Å². The van der Waals surface area contributed by atoms with E-state index in [0.717, 1.165) is 48.3 Å². The van der Waals surface area contributed by atoms with E-state index in [1.54, 1.807) is 6.20 Å². The van der Waals surface area contributed by atoms with Crippen molar-refractivity contribution in [3.05, 3.63) is 257 Å². The molecule has 5 heterocycles. The van der Waals surface area contributed by atoms with Gasteiger partial charge in [-0.05, 0) is 80.2 Å². The Balaban J connectivity index is 0.000000433. The van der Waals surface area contributed by atoms with Gasteiger partial charge in [-0.3, -0.25) is 9.36 Å². The molecule has 0 unspecified atom stereocenters. The molecular formula is C69H64IrN5. The predicted molar refractivity (Wildman–Crippen MR) is 303 cm³/mol. The van der Waals surface area contributed by atoms with Crippen LogP contribution in [0.25, 0.3) is 56.0 Å². The van der Waals surface area contributed by atoms with Crippen molar-refractivity contribution in [1.29, 1.82) is 0 Å². The summed E-state index contributed by atoms with van der Waals surface area (Å²) in [6, 6.07) is 73.0. The van der Waals surface area contributed by atoms with Gasteiger partial charge in [0.2, 0.25) is 0 Å². The van der Waals surface area contributed by atoms with Crippen LogP contribution in [0.2, 0.25) is 0 Å². The first-order chi connectivity index (χ1) is 35.7. The summed E-state index contributed by atoms with van der Waals surface area (Å²) in [5.74, 6) is 0.